The van der Waals surface area contributed by atoms with Gasteiger partial charge >= 0.3 is 0 Å². The predicted octanol–water partition coefficient (Wildman–Crippen LogP) is 1.93. The molecule has 3 rings (SSSR count). The number of benzene rings is 1. The molecule has 0 amide bonds. The summed E-state index contributed by atoms with van der Waals surface area (Å²) in [5.41, 5.74) is 0. The molecule has 1 N–H and O–H groups in total. The quantitative estimate of drug-likeness (QED) is 0.905. The van der Waals surface area contributed by atoms with Crippen LogP contribution in [0.1, 0.15) is 25.7 Å². The van der Waals surface area contributed by atoms with Crippen molar-refractivity contribution in [3.05, 3.63) is 23.2 Å². The lowest BCUT2D eigenvalue weighted by atomic mass is 10.0. The zero-order valence-corrected chi connectivity index (χ0v) is 12.2. The number of phenols is 1. The van der Waals surface area contributed by atoms with Crippen molar-refractivity contribution in [1.29, 1.82) is 0 Å². The highest BCUT2D eigenvalue weighted by atomic mass is 35.5. The van der Waals surface area contributed by atoms with E-state index < -0.39 is 10.0 Å². The summed E-state index contributed by atoms with van der Waals surface area (Å²) < 4.78 is 26.9. The predicted molar refractivity (Wildman–Crippen MR) is 73.2 cm³/mol. The van der Waals surface area contributed by atoms with Crippen molar-refractivity contribution in [2.24, 2.45) is 0 Å². The molecule has 0 radical (unpaired) electrons. The second kappa shape index (κ2) is 4.72. The number of phenolic OH excluding ortho intramolecular Hbond substituents is 1. The number of aromatic hydroxyl groups is 1. The van der Waals surface area contributed by atoms with Gasteiger partial charge in [-0.25, -0.2) is 8.42 Å². The van der Waals surface area contributed by atoms with Gasteiger partial charge in [-0.1, -0.05) is 17.7 Å². The van der Waals surface area contributed by atoms with E-state index in [9.17, 15) is 18.3 Å². The molecule has 108 valence electrons. The van der Waals surface area contributed by atoms with E-state index in [1.54, 1.807) is 0 Å². The molecule has 2 heterocycles. The first-order chi connectivity index (χ1) is 9.41. The number of fused-ring (bicyclic) bond motifs is 2. The van der Waals surface area contributed by atoms with Crippen LogP contribution in [0.15, 0.2) is 23.1 Å². The Balaban J connectivity index is 2.08. The second-order valence-corrected chi connectivity index (χ2v) is 7.44. The lowest BCUT2D eigenvalue weighted by Gasteiger charge is -2.33. The van der Waals surface area contributed by atoms with Crippen LogP contribution in [0.2, 0.25) is 5.02 Å². The van der Waals surface area contributed by atoms with E-state index in [0.717, 1.165) is 0 Å². The highest BCUT2D eigenvalue weighted by Crippen LogP contribution is 2.41. The van der Waals surface area contributed by atoms with Crippen LogP contribution in [0.4, 0.5) is 0 Å². The Kier molecular flexibility index (Phi) is 3.27. The van der Waals surface area contributed by atoms with Crippen LogP contribution < -0.4 is 0 Å². The summed E-state index contributed by atoms with van der Waals surface area (Å²) in [6, 6.07) is 3.62. The molecule has 2 fully saturated rings. The number of halogens is 1. The number of sulfonamides is 1. The number of ketones is 1. The molecule has 1 aromatic carbocycles. The molecule has 2 bridgehead atoms. The first kappa shape index (κ1) is 13.9. The molecule has 0 saturated carbocycles. The van der Waals surface area contributed by atoms with Gasteiger partial charge in [-0.05, 0) is 25.0 Å². The van der Waals surface area contributed by atoms with Crippen molar-refractivity contribution < 1.29 is 18.3 Å². The number of carbonyl (C=O) groups is 1. The third-order valence-corrected chi connectivity index (χ3v) is 6.48. The van der Waals surface area contributed by atoms with E-state index in [2.05, 4.69) is 0 Å². The van der Waals surface area contributed by atoms with Gasteiger partial charge in [0.1, 0.15) is 16.4 Å². The Labute approximate surface area is 122 Å². The number of rotatable bonds is 2. The summed E-state index contributed by atoms with van der Waals surface area (Å²) in [7, 11) is -3.88. The SMILES string of the molecule is O=C1C[C@H]2CC[C@@H](C1)N2S(=O)(=O)c1c(O)cccc1Cl. The topological polar surface area (TPSA) is 74.7 Å². The minimum Gasteiger partial charge on any atom is -0.506 e. The minimum absolute atomic E-state index is 0.00120. The molecule has 2 aliphatic rings. The van der Waals surface area contributed by atoms with Gasteiger partial charge < -0.3 is 5.11 Å². The number of nitrogens with zero attached hydrogens (tertiary/aromatic N) is 1. The maximum absolute atomic E-state index is 12.8. The Hall–Kier alpha value is -1.11. The van der Waals surface area contributed by atoms with Crippen LogP contribution in [0.25, 0.3) is 0 Å². The summed E-state index contributed by atoms with van der Waals surface area (Å²) >= 11 is 5.94. The zero-order valence-electron chi connectivity index (χ0n) is 10.6. The van der Waals surface area contributed by atoms with E-state index in [1.165, 1.54) is 22.5 Å². The van der Waals surface area contributed by atoms with Gasteiger partial charge in [0.2, 0.25) is 10.0 Å². The number of Topliss-reactive ketones (excluding diaryl/α,β-unsaturated/α-hetero) is 1. The van der Waals surface area contributed by atoms with E-state index in [0.29, 0.717) is 12.8 Å². The summed E-state index contributed by atoms with van der Waals surface area (Å²) in [5, 5.41) is 9.85. The summed E-state index contributed by atoms with van der Waals surface area (Å²) in [6.07, 6.45) is 1.86. The van der Waals surface area contributed by atoms with Gasteiger partial charge in [-0.15, -0.1) is 0 Å². The van der Waals surface area contributed by atoms with Crippen LogP contribution in [0.5, 0.6) is 5.75 Å². The Morgan fingerprint density at radius 1 is 1.20 bits per heavy atom. The molecular weight excluding hydrogens is 302 g/mol. The molecule has 2 atom stereocenters. The maximum Gasteiger partial charge on any atom is 0.248 e. The average Bonchev–Trinajstić information content (AvgIpc) is 2.62. The van der Waals surface area contributed by atoms with Crippen LogP contribution in [-0.2, 0) is 14.8 Å². The largest absolute Gasteiger partial charge is 0.506 e. The van der Waals surface area contributed by atoms with Crippen molar-refractivity contribution in [2.75, 3.05) is 0 Å². The first-order valence-corrected chi connectivity index (χ1v) is 8.26. The monoisotopic (exact) mass is 315 g/mol. The molecular formula is C13H14ClNO4S. The van der Waals surface area contributed by atoms with Gasteiger partial charge in [0.25, 0.3) is 0 Å². The van der Waals surface area contributed by atoms with Crippen molar-refractivity contribution in [1.82, 2.24) is 4.31 Å². The summed E-state index contributed by atoms with van der Waals surface area (Å²) in [5.74, 6) is -0.249. The van der Waals surface area contributed by atoms with Crippen LogP contribution in [0, 0.1) is 0 Å². The van der Waals surface area contributed by atoms with Crippen molar-refractivity contribution in [2.45, 2.75) is 42.7 Å². The van der Waals surface area contributed by atoms with Crippen LogP contribution in [0.3, 0.4) is 0 Å². The molecule has 7 heteroatoms. The first-order valence-electron chi connectivity index (χ1n) is 6.44. The van der Waals surface area contributed by atoms with Crippen LogP contribution >= 0.6 is 11.6 Å². The van der Waals surface area contributed by atoms with Gasteiger partial charge in [0.05, 0.1) is 5.02 Å². The zero-order chi connectivity index (χ0) is 14.5. The van der Waals surface area contributed by atoms with Crippen molar-refractivity contribution in [3.63, 3.8) is 0 Å². The molecule has 20 heavy (non-hydrogen) atoms. The van der Waals surface area contributed by atoms with Gasteiger partial charge in [0, 0.05) is 24.9 Å². The summed E-state index contributed by atoms with van der Waals surface area (Å²) in [4.78, 5) is 11.3. The fraction of sp³-hybridized carbons (Fsp3) is 0.462. The Morgan fingerprint density at radius 3 is 2.35 bits per heavy atom. The lowest BCUT2D eigenvalue weighted by molar-refractivity contribution is -0.122. The third kappa shape index (κ3) is 2.03. The van der Waals surface area contributed by atoms with Gasteiger partial charge in [-0.3, -0.25) is 4.79 Å². The molecule has 0 unspecified atom stereocenters. The highest BCUT2D eigenvalue weighted by Gasteiger charge is 2.48. The fourth-order valence-electron chi connectivity index (χ4n) is 3.18. The molecule has 0 aromatic heterocycles. The lowest BCUT2D eigenvalue weighted by Crippen LogP contribution is -2.46. The Bertz CT molecular complexity index is 637. The standard InChI is InChI=1S/C13H14ClNO4S/c14-11-2-1-3-12(17)13(11)20(18,19)15-8-4-5-9(15)7-10(16)6-8/h1-3,8-9,17H,4-7H2/t8-,9+. The molecule has 5 nitrogen and oxygen atoms in total. The smallest absolute Gasteiger partial charge is 0.248 e. The van der Waals surface area contributed by atoms with E-state index in [-0.39, 0.29) is 46.4 Å². The molecule has 2 saturated heterocycles. The second-order valence-electron chi connectivity index (χ2n) is 5.25. The van der Waals surface area contributed by atoms with Gasteiger partial charge in [-0.2, -0.15) is 4.31 Å². The van der Waals surface area contributed by atoms with Gasteiger partial charge in [0.15, 0.2) is 0 Å². The maximum atomic E-state index is 12.8. The van der Waals surface area contributed by atoms with Crippen LogP contribution in [-0.4, -0.2) is 35.7 Å². The normalized spacial score (nSPS) is 26.9. The van der Waals surface area contributed by atoms with Crippen molar-refractivity contribution in [3.8, 4) is 5.75 Å². The highest BCUT2D eigenvalue weighted by molar-refractivity contribution is 7.89. The molecule has 0 aliphatic carbocycles. The minimum atomic E-state index is -3.88. The number of piperidine rings is 1. The fourth-order valence-corrected chi connectivity index (χ4v) is 5.65. The number of carbonyl (C=O) groups excluding carboxylic acids is 1. The molecule has 1 aromatic rings. The molecule has 2 aliphatic heterocycles. The van der Waals surface area contributed by atoms with E-state index in [4.69, 9.17) is 11.6 Å². The van der Waals surface area contributed by atoms with E-state index >= 15 is 0 Å². The summed E-state index contributed by atoms with van der Waals surface area (Å²) in [6.45, 7) is 0. The molecule has 0 spiro atoms. The Morgan fingerprint density at radius 2 is 1.80 bits per heavy atom. The number of hydrogen-bond donors (Lipinski definition) is 1. The third-order valence-electron chi connectivity index (χ3n) is 3.96. The van der Waals surface area contributed by atoms with Crippen molar-refractivity contribution >= 4 is 27.4 Å². The van der Waals surface area contributed by atoms with E-state index in [1.807, 2.05) is 0 Å². The number of hydrogen-bond acceptors (Lipinski definition) is 4. The average molecular weight is 316 g/mol.